The van der Waals surface area contributed by atoms with Gasteiger partial charge in [-0.2, -0.15) is 0 Å². The average Bonchev–Trinajstić information content (AvgIpc) is 2.95. The molecule has 1 aliphatic rings. The number of hydrogen-bond donors (Lipinski definition) is 1. The molecular formula is C17H32N2O3. The Kier molecular flexibility index (Phi) is 7.33. The number of amides is 1. The van der Waals surface area contributed by atoms with Crippen LogP contribution in [0.1, 0.15) is 66.2 Å². The van der Waals surface area contributed by atoms with Gasteiger partial charge in [0.05, 0.1) is 5.54 Å². The second-order valence-corrected chi connectivity index (χ2v) is 6.75. The smallest absolute Gasteiger partial charge is 0.326 e. The molecule has 128 valence electrons. The third-order valence-corrected chi connectivity index (χ3v) is 4.68. The van der Waals surface area contributed by atoms with Crippen molar-refractivity contribution in [3.05, 3.63) is 0 Å². The van der Waals surface area contributed by atoms with E-state index in [1.165, 1.54) is 0 Å². The Bertz CT molecular complexity index is 374. The Labute approximate surface area is 134 Å². The Balaban J connectivity index is 2.86. The number of carboxylic acids is 1. The van der Waals surface area contributed by atoms with Gasteiger partial charge < -0.3 is 10.0 Å². The van der Waals surface area contributed by atoms with Gasteiger partial charge in [0.15, 0.2) is 0 Å². The molecule has 1 saturated heterocycles. The molecule has 0 aromatic rings. The fraction of sp³-hybridized carbons (Fsp3) is 0.882. The molecule has 5 nitrogen and oxygen atoms in total. The van der Waals surface area contributed by atoms with Crippen molar-refractivity contribution in [3.8, 4) is 0 Å². The summed E-state index contributed by atoms with van der Waals surface area (Å²) in [4.78, 5) is 28.1. The number of hydrogen-bond acceptors (Lipinski definition) is 3. The molecule has 22 heavy (non-hydrogen) atoms. The van der Waals surface area contributed by atoms with Crippen LogP contribution in [-0.2, 0) is 9.59 Å². The molecule has 0 spiro atoms. The zero-order valence-corrected chi connectivity index (χ0v) is 14.6. The second-order valence-electron chi connectivity index (χ2n) is 6.75. The van der Waals surface area contributed by atoms with E-state index in [4.69, 9.17) is 0 Å². The fourth-order valence-corrected chi connectivity index (χ4v) is 3.12. The second kappa shape index (κ2) is 8.51. The molecule has 0 radical (unpaired) electrons. The molecule has 1 amide bonds. The number of likely N-dealkylation sites (tertiary alicyclic amines) is 1. The van der Waals surface area contributed by atoms with Crippen LogP contribution in [-0.4, -0.2) is 58.0 Å². The molecule has 1 fully saturated rings. The first-order valence-corrected chi connectivity index (χ1v) is 8.65. The SMILES string of the molecule is CCCCN(CCCC)C(C)(C)C(=O)N1CCCC1C(=O)O. The number of carboxylic acid groups (broad SMARTS) is 1. The zero-order valence-electron chi connectivity index (χ0n) is 14.6. The van der Waals surface area contributed by atoms with Gasteiger partial charge >= 0.3 is 5.97 Å². The Morgan fingerprint density at radius 3 is 2.18 bits per heavy atom. The van der Waals surface area contributed by atoms with E-state index in [0.717, 1.165) is 45.2 Å². The Hall–Kier alpha value is -1.10. The van der Waals surface area contributed by atoms with Crippen molar-refractivity contribution >= 4 is 11.9 Å². The molecule has 1 aliphatic heterocycles. The molecule has 1 N–H and O–H groups in total. The average molecular weight is 312 g/mol. The number of aliphatic carboxylic acids is 1. The quantitative estimate of drug-likeness (QED) is 0.711. The molecule has 0 aromatic carbocycles. The lowest BCUT2D eigenvalue weighted by atomic mass is 9.98. The van der Waals surface area contributed by atoms with E-state index in [1.807, 2.05) is 13.8 Å². The number of rotatable bonds is 9. The van der Waals surface area contributed by atoms with Gasteiger partial charge in [0.2, 0.25) is 5.91 Å². The molecule has 0 aromatic heterocycles. The van der Waals surface area contributed by atoms with Gasteiger partial charge in [-0.1, -0.05) is 26.7 Å². The molecular weight excluding hydrogens is 280 g/mol. The number of nitrogens with zero attached hydrogens (tertiary/aromatic N) is 2. The number of carbonyl (C=O) groups excluding carboxylic acids is 1. The van der Waals surface area contributed by atoms with Crippen LogP contribution >= 0.6 is 0 Å². The van der Waals surface area contributed by atoms with Crippen LogP contribution < -0.4 is 0 Å². The first-order valence-electron chi connectivity index (χ1n) is 8.65. The van der Waals surface area contributed by atoms with Crippen LogP contribution in [0.15, 0.2) is 0 Å². The summed E-state index contributed by atoms with van der Waals surface area (Å²) < 4.78 is 0. The van der Waals surface area contributed by atoms with E-state index in [0.29, 0.717) is 13.0 Å². The van der Waals surface area contributed by atoms with E-state index in [1.54, 1.807) is 4.90 Å². The van der Waals surface area contributed by atoms with Gasteiger partial charge in [0, 0.05) is 6.54 Å². The van der Waals surface area contributed by atoms with Gasteiger partial charge in [0.25, 0.3) is 0 Å². The monoisotopic (exact) mass is 312 g/mol. The van der Waals surface area contributed by atoms with E-state index >= 15 is 0 Å². The largest absolute Gasteiger partial charge is 0.480 e. The first-order chi connectivity index (χ1) is 10.4. The van der Waals surface area contributed by atoms with Crippen molar-refractivity contribution in [1.82, 2.24) is 9.80 Å². The maximum absolute atomic E-state index is 13.0. The van der Waals surface area contributed by atoms with Crippen molar-refractivity contribution in [2.75, 3.05) is 19.6 Å². The van der Waals surface area contributed by atoms with Gasteiger partial charge in [0.1, 0.15) is 6.04 Å². The summed E-state index contributed by atoms with van der Waals surface area (Å²) in [5, 5.41) is 9.31. The molecule has 1 rings (SSSR count). The minimum absolute atomic E-state index is 0.0374. The van der Waals surface area contributed by atoms with Gasteiger partial charge in [-0.25, -0.2) is 4.79 Å². The minimum Gasteiger partial charge on any atom is -0.480 e. The molecule has 0 aliphatic carbocycles. The standard InChI is InChI=1S/C17H32N2O3/c1-5-7-11-18(12-8-6-2)17(3,4)16(22)19-13-9-10-14(19)15(20)21/h14H,5-13H2,1-4H3,(H,20,21). The van der Waals surface area contributed by atoms with Crippen molar-refractivity contribution in [2.24, 2.45) is 0 Å². The lowest BCUT2D eigenvalue weighted by molar-refractivity contribution is -0.153. The fourth-order valence-electron chi connectivity index (χ4n) is 3.12. The van der Waals surface area contributed by atoms with E-state index in [2.05, 4.69) is 18.7 Å². The highest BCUT2D eigenvalue weighted by molar-refractivity contribution is 5.90. The first kappa shape index (κ1) is 18.9. The van der Waals surface area contributed by atoms with Crippen molar-refractivity contribution in [3.63, 3.8) is 0 Å². The van der Waals surface area contributed by atoms with E-state index < -0.39 is 17.6 Å². The summed E-state index contributed by atoms with van der Waals surface area (Å²) in [7, 11) is 0. The van der Waals surface area contributed by atoms with Crippen LogP contribution in [0.25, 0.3) is 0 Å². The molecule has 1 atom stereocenters. The maximum Gasteiger partial charge on any atom is 0.326 e. The van der Waals surface area contributed by atoms with E-state index in [-0.39, 0.29) is 5.91 Å². The normalized spacial score (nSPS) is 19.0. The third kappa shape index (κ3) is 4.45. The minimum atomic E-state index is -0.879. The van der Waals surface area contributed by atoms with Crippen LogP contribution in [0.3, 0.4) is 0 Å². The molecule has 1 heterocycles. The van der Waals surface area contributed by atoms with Gasteiger partial charge in [-0.15, -0.1) is 0 Å². The van der Waals surface area contributed by atoms with Crippen molar-refractivity contribution in [2.45, 2.75) is 77.8 Å². The summed E-state index contributed by atoms with van der Waals surface area (Å²) in [5.41, 5.74) is -0.637. The zero-order chi connectivity index (χ0) is 16.8. The van der Waals surface area contributed by atoms with Crippen LogP contribution in [0.2, 0.25) is 0 Å². The number of carbonyl (C=O) groups is 2. The summed E-state index contributed by atoms with van der Waals surface area (Å²) in [5.74, 6) is -0.917. The highest BCUT2D eigenvalue weighted by Crippen LogP contribution is 2.26. The van der Waals surface area contributed by atoms with Crippen molar-refractivity contribution in [1.29, 1.82) is 0 Å². The lowest BCUT2D eigenvalue weighted by Crippen LogP contribution is -2.58. The van der Waals surface area contributed by atoms with Crippen molar-refractivity contribution < 1.29 is 14.7 Å². The Morgan fingerprint density at radius 2 is 1.73 bits per heavy atom. The number of unbranched alkanes of at least 4 members (excludes halogenated alkanes) is 2. The molecule has 1 unspecified atom stereocenters. The highest BCUT2D eigenvalue weighted by Gasteiger charge is 2.43. The predicted molar refractivity (Wildman–Crippen MR) is 87.8 cm³/mol. The van der Waals surface area contributed by atoms with E-state index in [9.17, 15) is 14.7 Å². The Morgan fingerprint density at radius 1 is 1.18 bits per heavy atom. The summed E-state index contributed by atoms with van der Waals surface area (Å²) in [6.45, 7) is 10.5. The van der Waals surface area contributed by atoms with Gasteiger partial charge in [-0.3, -0.25) is 9.69 Å². The molecule has 5 heteroatoms. The summed E-state index contributed by atoms with van der Waals surface area (Å²) in [6.07, 6.45) is 5.65. The molecule has 0 bridgehead atoms. The topological polar surface area (TPSA) is 60.9 Å². The van der Waals surface area contributed by atoms with Crippen LogP contribution in [0, 0.1) is 0 Å². The van der Waals surface area contributed by atoms with Gasteiger partial charge in [-0.05, 0) is 52.6 Å². The summed E-state index contributed by atoms with van der Waals surface area (Å²) >= 11 is 0. The summed E-state index contributed by atoms with van der Waals surface area (Å²) in [6, 6.07) is -0.647. The highest BCUT2D eigenvalue weighted by atomic mass is 16.4. The predicted octanol–water partition coefficient (Wildman–Crippen LogP) is 2.74. The van der Waals surface area contributed by atoms with Crippen LogP contribution in [0.4, 0.5) is 0 Å². The maximum atomic E-state index is 13.0. The van der Waals surface area contributed by atoms with Crippen LogP contribution in [0.5, 0.6) is 0 Å². The molecule has 0 saturated carbocycles. The third-order valence-electron chi connectivity index (χ3n) is 4.68. The lowest BCUT2D eigenvalue weighted by Gasteiger charge is -2.40.